The summed E-state index contributed by atoms with van der Waals surface area (Å²) in [5.41, 5.74) is -0.00509. The van der Waals surface area contributed by atoms with Crippen molar-refractivity contribution >= 4 is 11.0 Å². The Hall–Kier alpha value is -3.49. The van der Waals surface area contributed by atoms with E-state index in [4.69, 9.17) is 0 Å². The molecule has 0 aliphatic carbocycles. The van der Waals surface area contributed by atoms with Crippen LogP contribution in [0.3, 0.4) is 0 Å². The normalized spacial score (nSPS) is 12.7. The van der Waals surface area contributed by atoms with Crippen LogP contribution in [0.5, 0.6) is 0 Å². The molecule has 0 unspecified atom stereocenters. The summed E-state index contributed by atoms with van der Waals surface area (Å²) in [6.45, 7) is 9.77. The molecular formula is C22H26N6O3. The maximum absolute atomic E-state index is 13.1. The summed E-state index contributed by atoms with van der Waals surface area (Å²) in [5.74, 6) is 0. The second kappa shape index (κ2) is 7.04. The van der Waals surface area contributed by atoms with Gasteiger partial charge in [0.25, 0.3) is 16.7 Å². The summed E-state index contributed by atoms with van der Waals surface area (Å²) in [5, 5.41) is 8.50. The van der Waals surface area contributed by atoms with E-state index in [1.165, 1.54) is 21.4 Å². The third-order valence-corrected chi connectivity index (χ3v) is 5.70. The van der Waals surface area contributed by atoms with Crippen LogP contribution in [0.25, 0.3) is 11.0 Å². The largest absolute Gasteiger partial charge is 0.307 e. The highest BCUT2D eigenvalue weighted by Crippen LogP contribution is 2.22. The summed E-state index contributed by atoms with van der Waals surface area (Å²) >= 11 is 0. The molecule has 31 heavy (non-hydrogen) atoms. The molecule has 0 spiro atoms. The van der Waals surface area contributed by atoms with Crippen molar-refractivity contribution in [1.82, 2.24) is 28.4 Å². The summed E-state index contributed by atoms with van der Waals surface area (Å²) in [6, 6.07) is 4.65. The minimum Gasteiger partial charge on any atom is -0.307 e. The fraction of sp³-hybridized carbons (Fsp3) is 0.409. The maximum Gasteiger partial charge on any atom is 0.280 e. The second-order valence-corrected chi connectivity index (χ2v) is 9.39. The third kappa shape index (κ3) is 3.49. The maximum atomic E-state index is 13.1. The molecule has 0 saturated heterocycles. The summed E-state index contributed by atoms with van der Waals surface area (Å²) in [6.07, 6.45) is 7.55. The van der Waals surface area contributed by atoms with Gasteiger partial charge in [0.05, 0.1) is 6.20 Å². The molecule has 0 radical (unpaired) electrons. The van der Waals surface area contributed by atoms with E-state index in [0.717, 1.165) is 5.56 Å². The van der Waals surface area contributed by atoms with Gasteiger partial charge in [-0.2, -0.15) is 5.10 Å². The zero-order chi connectivity index (χ0) is 22.6. The Morgan fingerprint density at radius 1 is 0.903 bits per heavy atom. The standard InChI is InChI=1S/C22H26N6O3/c1-21(2,3)27-14-24-28-18(20(27)31)15(13-23-28)9-10-22(4,5)26-12-11-25-16(19(26)30)7-6-8-17(25)29/h6-8,11-14H,9-10H2,1-5H3. The molecule has 9 heteroatoms. The Labute approximate surface area is 178 Å². The molecule has 4 rings (SSSR count). The van der Waals surface area contributed by atoms with Gasteiger partial charge in [-0.05, 0) is 53.5 Å². The second-order valence-electron chi connectivity index (χ2n) is 9.39. The van der Waals surface area contributed by atoms with Crippen LogP contribution in [0.4, 0.5) is 0 Å². The van der Waals surface area contributed by atoms with Crippen molar-refractivity contribution in [3.05, 3.63) is 79.7 Å². The molecule has 4 aromatic rings. The first-order valence-electron chi connectivity index (χ1n) is 10.2. The van der Waals surface area contributed by atoms with Crippen LogP contribution in [-0.2, 0) is 17.5 Å². The number of hydrogen-bond donors (Lipinski definition) is 0. The van der Waals surface area contributed by atoms with Crippen LogP contribution in [-0.4, -0.2) is 28.4 Å². The summed E-state index contributed by atoms with van der Waals surface area (Å²) < 4.78 is 5.95. The predicted octanol–water partition coefficient (Wildman–Crippen LogP) is 1.79. The lowest BCUT2D eigenvalue weighted by molar-refractivity contribution is 0.318. The van der Waals surface area contributed by atoms with Crippen LogP contribution >= 0.6 is 0 Å². The van der Waals surface area contributed by atoms with E-state index in [1.807, 2.05) is 34.6 Å². The molecule has 4 aromatic heterocycles. The first kappa shape index (κ1) is 20.8. The average molecular weight is 422 g/mol. The van der Waals surface area contributed by atoms with Crippen LogP contribution in [0.2, 0.25) is 0 Å². The molecule has 0 saturated carbocycles. The van der Waals surface area contributed by atoms with Gasteiger partial charge in [0.2, 0.25) is 0 Å². The molecule has 0 fully saturated rings. The van der Waals surface area contributed by atoms with Crippen molar-refractivity contribution in [1.29, 1.82) is 0 Å². The minimum absolute atomic E-state index is 0.143. The molecule has 0 N–H and O–H groups in total. The van der Waals surface area contributed by atoms with Gasteiger partial charge in [-0.3, -0.25) is 23.4 Å². The molecule has 0 bridgehead atoms. The fourth-order valence-corrected chi connectivity index (χ4v) is 3.80. The first-order valence-corrected chi connectivity index (χ1v) is 10.2. The van der Waals surface area contributed by atoms with E-state index < -0.39 is 11.1 Å². The Morgan fingerprint density at radius 3 is 2.35 bits per heavy atom. The predicted molar refractivity (Wildman–Crippen MR) is 118 cm³/mol. The lowest BCUT2D eigenvalue weighted by Crippen LogP contribution is -2.38. The Morgan fingerprint density at radius 2 is 1.65 bits per heavy atom. The quantitative estimate of drug-likeness (QED) is 0.500. The monoisotopic (exact) mass is 422 g/mol. The van der Waals surface area contributed by atoms with Gasteiger partial charge in [-0.25, -0.2) is 0 Å². The molecule has 0 aliphatic heterocycles. The molecule has 9 nitrogen and oxygen atoms in total. The molecule has 4 heterocycles. The molecule has 0 aliphatic rings. The lowest BCUT2D eigenvalue weighted by Gasteiger charge is -2.28. The van der Waals surface area contributed by atoms with E-state index in [1.54, 1.807) is 39.9 Å². The highest BCUT2D eigenvalue weighted by Gasteiger charge is 2.24. The van der Waals surface area contributed by atoms with Crippen LogP contribution in [0.1, 0.15) is 46.6 Å². The number of nitrogens with zero attached hydrogens (tertiary/aromatic N) is 6. The number of aryl methyl sites for hydroxylation is 1. The van der Waals surface area contributed by atoms with Gasteiger partial charge in [0.1, 0.15) is 11.8 Å². The molecular weight excluding hydrogens is 396 g/mol. The number of aromatic nitrogens is 6. The van der Waals surface area contributed by atoms with Crippen LogP contribution in [0.15, 0.2) is 57.5 Å². The van der Waals surface area contributed by atoms with Gasteiger partial charge in [-0.1, -0.05) is 6.07 Å². The van der Waals surface area contributed by atoms with E-state index >= 15 is 0 Å². The Balaban J connectivity index is 1.71. The number of rotatable bonds is 4. The SMILES string of the molecule is CC(C)(C)n1cnn2ncc(CCC(C)(C)n3ccn4c(=O)cccc4c3=O)c2c1=O. The van der Waals surface area contributed by atoms with Gasteiger partial charge in [0, 0.05) is 35.1 Å². The number of pyridine rings is 1. The zero-order valence-electron chi connectivity index (χ0n) is 18.4. The van der Waals surface area contributed by atoms with E-state index in [9.17, 15) is 14.4 Å². The van der Waals surface area contributed by atoms with Gasteiger partial charge in [0.15, 0.2) is 5.52 Å². The van der Waals surface area contributed by atoms with Gasteiger partial charge < -0.3 is 4.57 Å². The summed E-state index contributed by atoms with van der Waals surface area (Å²) in [7, 11) is 0. The van der Waals surface area contributed by atoms with Crippen molar-refractivity contribution in [2.24, 2.45) is 0 Å². The molecule has 162 valence electrons. The van der Waals surface area contributed by atoms with Crippen LogP contribution < -0.4 is 16.7 Å². The molecule has 0 atom stereocenters. The van der Waals surface area contributed by atoms with Crippen LogP contribution in [0, 0.1) is 0 Å². The zero-order valence-corrected chi connectivity index (χ0v) is 18.4. The Bertz CT molecular complexity index is 1460. The number of fused-ring (bicyclic) bond motifs is 2. The van der Waals surface area contributed by atoms with Crippen molar-refractivity contribution in [2.45, 2.75) is 58.5 Å². The lowest BCUT2D eigenvalue weighted by atomic mass is 9.95. The van der Waals surface area contributed by atoms with E-state index in [2.05, 4.69) is 10.2 Å². The molecule has 0 aromatic carbocycles. The van der Waals surface area contributed by atoms with Crippen molar-refractivity contribution in [3.8, 4) is 0 Å². The smallest absolute Gasteiger partial charge is 0.280 e. The Kier molecular flexibility index (Phi) is 4.72. The van der Waals surface area contributed by atoms with Crippen molar-refractivity contribution in [3.63, 3.8) is 0 Å². The topological polar surface area (TPSA) is 95.7 Å². The molecule has 0 amide bonds. The van der Waals surface area contributed by atoms with Crippen molar-refractivity contribution in [2.75, 3.05) is 0 Å². The van der Waals surface area contributed by atoms with Gasteiger partial charge >= 0.3 is 0 Å². The minimum atomic E-state index is -0.551. The summed E-state index contributed by atoms with van der Waals surface area (Å²) in [4.78, 5) is 38.1. The van der Waals surface area contributed by atoms with Gasteiger partial charge in [-0.15, -0.1) is 9.73 Å². The first-order chi connectivity index (χ1) is 14.5. The number of hydrogen-bond acceptors (Lipinski definition) is 5. The average Bonchev–Trinajstić information content (AvgIpc) is 3.11. The van der Waals surface area contributed by atoms with Crippen molar-refractivity contribution < 1.29 is 0 Å². The fourth-order valence-electron chi connectivity index (χ4n) is 3.80. The third-order valence-electron chi connectivity index (χ3n) is 5.70. The highest BCUT2D eigenvalue weighted by molar-refractivity contribution is 5.51. The highest BCUT2D eigenvalue weighted by atomic mass is 16.1. The van der Waals surface area contributed by atoms with E-state index in [0.29, 0.717) is 23.9 Å². The van der Waals surface area contributed by atoms with E-state index in [-0.39, 0.29) is 16.7 Å².